The van der Waals surface area contributed by atoms with Crippen molar-refractivity contribution in [1.82, 2.24) is 20.3 Å². The zero-order chi connectivity index (χ0) is 23.2. The van der Waals surface area contributed by atoms with E-state index in [1.54, 1.807) is 6.20 Å². The fraction of sp³-hybridized carbons (Fsp3) is 0.240. The summed E-state index contributed by atoms with van der Waals surface area (Å²) >= 11 is 0. The molecular formula is C25H26N4O4. The molecule has 0 saturated heterocycles. The Morgan fingerprint density at radius 3 is 2.70 bits per heavy atom. The first-order valence-electron chi connectivity index (χ1n) is 10.7. The Labute approximate surface area is 191 Å². The molecule has 0 radical (unpaired) electrons. The summed E-state index contributed by atoms with van der Waals surface area (Å²) in [6, 6.07) is 17.6. The molecule has 0 unspecified atom stereocenters. The van der Waals surface area contributed by atoms with Gasteiger partial charge >= 0.3 is 5.97 Å². The summed E-state index contributed by atoms with van der Waals surface area (Å²) in [6.45, 7) is 4.69. The van der Waals surface area contributed by atoms with Gasteiger partial charge in [0.1, 0.15) is 23.9 Å². The van der Waals surface area contributed by atoms with Crippen molar-refractivity contribution in [1.29, 1.82) is 0 Å². The highest BCUT2D eigenvalue weighted by molar-refractivity contribution is 5.78. The van der Waals surface area contributed by atoms with Gasteiger partial charge in [-0.05, 0) is 49.2 Å². The molecule has 3 N–H and O–H groups in total. The predicted octanol–water partition coefficient (Wildman–Crippen LogP) is 4.17. The summed E-state index contributed by atoms with van der Waals surface area (Å²) in [4.78, 5) is 23.1. The molecule has 2 aromatic carbocycles. The van der Waals surface area contributed by atoms with Gasteiger partial charge < -0.3 is 24.9 Å². The Bertz CT molecular complexity index is 1240. The van der Waals surface area contributed by atoms with Crippen molar-refractivity contribution in [2.24, 2.45) is 0 Å². The van der Waals surface area contributed by atoms with Crippen LogP contribution < -0.4 is 14.8 Å². The average Bonchev–Trinajstić information content (AvgIpc) is 3.22. The fourth-order valence-electron chi connectivity index (χ4n) is 3.36. The number of hydrogen-bond acceptors (Lipinski definition) is 6. The van der Waals surface area contributed by atoms with Crippen LogP contribution in [0.25, 0.3) is 22.6 Å². The molecule has 4 aromatic rings. The molecule has 0 spiro atoms. The molecule has 8 nitrogen and oxygen atoms in total. The van der Waals surface area contributed by atoms with Crippen LogP contribution in [-0.4, -0.2) is 38.7 Å². The lowest BCUT2D eigenvalue weighted by Gasteiger charge is -2.15. The SMILES string of the molecule is CC(C)Oc1ccc(OCc2ccccc2)cc1-c1nc2ncc(CNCC(=O)O)cc2[nH]1. The first kappa shape index (κ1) is 22.3. The molecule has 4 rings (SSSR count). The van der Waals surface area contributed by atoms with Crippen molar-refractivity contribution in [2.75, 3.05) is 6.54 Å². The van der Waals surface area contributed by atoms with E-state index in [1.807, 2.05) is 68.4 Å². The number of aliphatic carboxylic acids is 1. The standard InChI is InChI=1S/C25H26N4O4/c1-16(2)33-22-9-8-19(32-15-17-6-4-3-5-7-17)11-20(22)24-28-21-10-18(12-26-14-23(30)31)13-27-25(21)29-24/h3-11,13,16,26H,12,14-15H2,1-2H3,(H,30,31)(H,27,28,29). The second-order valence-electron chi connectivity index (χ2n) is 7.90. The Hall–Kier alpha value is -3.91. The van der Waals surface area contributed by atoms with Gasteiger partial charge in [-0.15, -0.1) is 0 Å². The minimum Gasteiger partial charge on any atom is -0.490 e. The van der Waals surface area contributed by atoms with Crippen LogP contribution in [0.15, 0.2) is 60.8 Å². The van der Waals surface area contributed by atoms with E-state index in [-0.39, 0.29) is 12.6 Å². The molecule has 170 valence electrons. The molecule has 0 atom stereocenters. The van der Waals surface area contributed by atoms with E-state index in [9.17, 15) is 4.79 Å². The number of aromatic amines is 1. The van der Waals surface area contributed by atoms with E-state index < -0.39 is 5.97 Å². The van der Waals surface area contributed by atoms with Crippen LogP contribution in [0.3, 0.4) is 0 Å². The van der Waals surface area contributed by atoms with Gasteiger partial charge in [-0.3, -0.25) is 4.79 Å². The van der Waals surface area contributed by atoms with Gasteiger partial charge in [-0.25, -0.2) is 9.97 Å². The summed E-state index contributed by atoms with van der Waals surface area (Å²) in [5.41, 5.74) is 4.04. The van der Waals surface area contributed by atoms with Crippen LogP contribution >= 0.6 is 0 Å². The fourth-order valence-corrected chi connectivity index (χ4v) is 3.36. The highest BCUT2D eigenvalue weighted by atomic mass is 16.5. The minimum absolute atomic E-state index is 0.00532. The number of fused-ring (bicyclic) bond motifs is 1. The highest BCUT2D eigenvalue weighted by Gasteiger charge is 2.15. The first-order valence-corrected chi connectivity index (χ1v) is 10.7. The number of aromatic nitrogens is 3. The van der Waals surface area contributed by atoms with Gasteiger partial charge in [0.2, 0.25) is 0 Å². The third-order valence-corrected chi connectivity index (χ3v) is 4.82. The molecule has 8 heteroatoms. The average molecular weight is 447 g/mol. The van der Waals surface area contributed by atoms with Crippen LogP contribution in [0.1, 0.15) is 25.0 Å². The second-order valence-corrected chi connectivity index (χ2v) is 7.90. The Morgan fingerprint density at radius 2 is 1.94 bits per heavy atom. The lowest BCUT2D eigenvalue weighted by atomic mass is 10.1. The van der Waals surface area contributed by atoms with Crippen LogP contribution in [0.2, 0.25) is 0 Å². The van der Waals surface area contributed by atoms with E-state index in [1.165, 1.54) is 0 Å². The Balaban J connectivity index is 1.61. The second kappa shape index (κ2) is 10.1. The van der Waals surface area contributed by atoms with Crippen molar-refractivity contribution in [2.45, 2.75) is 33.1 Å². The Kier molecular flexibility index (Phi) is 6.85. The predicted molar refractivity (Wildman–Crippen MR) is 125 cm³/mol. The van der Waals surface area contributed by atoms with Gasteiger partial charge in [0, 0.05) is 12.7 Å². The zero-order valence-electron chi connectivity index (χ0n) is 18.5. The third-order valence-electron chi connectivity index (χ3n) is 4.82. The van der Waals surface area contributed by atoms with Gasteiger partial charge in [-0.1, -0.05) is 30.3 Å². The number of pyridine rings is 1. The van der Waals surface area contributed by atoms with Gasteiger partial charge in [0.05, 0.1) is 23.7 Å². The summed E-state index contributed by atoms with van der Waals surface area (Å²) in [6.07, 6.45) is 1.68. The highest BCUT2D eigenvalue weighted by Crippen LogP contribution is 2.34. The van der Waals surface area contributed by atoms with E-state index in [2.05, 4.69) is 20.3 Å². The van der Waals surface area contributed by atoms with Crippen molar-refractivity contribution >= 4 is 17.1 Å². The Morgan fingerprint density at radius 1 is 1.12 bits per heavy atom. The van der Waals surface area contributed by atoms with E-state index in [0.717, 1.165) is 22.2 Å². The van der Waals surface area contributed by atoms with Gasteiger partial charge in [0.25, 0.3) is 0 Å². The van der Waals surface area contributed by atoms with Crippen molar-refractivity contribution < 1.29 is 19.4 Å². The number of carboxylic acid groups (broad SMARTS) is 1. The van der Waals surface area contributed by atoms with E-state index >= 15 is 0 Å². The molecule has 0 saturated carbocycles. The molecule has 2 aromatic heterocycles. The van der Waals surface area contributed by atoms with E-state index in [4.69, 9.17) is 14.6 Å². The molecule has 0 aliphatic rings. The molecule has 0 bridgehead atoms. The normalized spacial score (nSPS) is 11.1. The van der Waals surface area contributed by atoms with Gasteiger partial charge in [-0.2, -0.15) is 0 Å². The topological polar surface area (TPSA) is 109 Å². The number of H-pyrrole nitrogens is 1. The number of imidazole rings is 1. The molecule has 0 amide bonds. The summed E-state index contributed by atoms with van der Waals surface area (Å²) < 4.78 is 12.0. The van der Waals surface area contributed by atoms with Crippen molar-refractivity contribution in [3.05, 3.63) is 71.9 Å². The largest absolute Gasteiger partial charge is 0.490 e. The number of benzene rings is 2. The van der Waals surface area contributed by atoms with E-state index in [0.29, 0.717) is 36.1 Å². The first-order chi connectivity index (χ1) is 16.0. The lowest BCUT2D eigenvalue weighted by Crippen LogP contribution is -2.21. The maximum Gasteiger partial charge on any atom is 0.317 e. The lowest BCUT2D eigenvalue weighted by molar-refractivity contribution is -0.136. The molecule has 0 fully saturated rings. The smallest absolute Gasteiger partial charge is 0.317 e. The van der Waals surface area contributed by atoms with Crippen LogP contribution in [-0.2, 0) is 17.9 Å². The summed E-state index contributed by atoms with van der Waals surface area (Å²) in [5.74, 6) is 1.12. The molecular weight excluding hydrogens is 420 g/mol. The number of carbonyl (C=O) groups is 1. The van der Waals surface area contributed by atoms with Gasteiger partial charge in [0.15, 0.2) is 5.65 Å². The minimum atomic E-state index is -0.903. The molecule has 0 aliphatic carbocycles. The number of ether oxygens (including phenoxy) is 2. The molecule has 33 heavy (non-hydrogen) atoms. The summed E-state index contributed by atoms with van der Waals surface area (Å²) in [7, 11) is 0. The summed E-state index contributed by atoms with van der Waals surface area (Å²) in [5, 5.41) is 11.6. The number of nitrogens with one attached hydrogen (secondary N) is 2. The number of nitrogens with zero attached hydrogens (tertiary/aromatic N) is 2. The van der Waals surface area contributed by atoms with Crippen LogP contribution in [0.5, 0.6) is 11.5 Å². The zero-order valence-corrected chi connectivity index (χ0v) is 18.5. The van der Waals surface area contributed by atoms with Crippen LogP contribution in [0.4, 0.5) is 0 Å². The number of hydrogen-bond donors (Lipinski definition) is 3. The number of carboxylic acids is 1. The molecule has 2 heterocycles. The van der Waals surface area contributed by atoms with Crippen molar-refractivity contribution in [3.63, 3.8) is 0 Å². The third kappa shape index (κ3) is 5.87. The molecule has 0 aliphatic heterocycles. The van der Waals surface area contributed by atoms with Crippen molar-refractivity contribution in [3.8, 4) is 22.9 Å². The van der Waals surface area contributed by atoms with Crippen LogP contribution in [0, 0.1) is 0 Å². The quantitative estimate of drug-likeness (QED) is 0.335. The monoisotopic (exact) mass is 446 g/mol. The maximum absolute atomic E-state index is 10.7. The number of rotatable bonds is 10. The maximum atomic E-state index is 10.7.